The van der Waals surface area contributed by atoms with Crippen LogP contribution in [0.4, 0.5) is 17.8 Å². The molecule has 0 fully saturated rings. The lowest BCUT2D eigenvalue weighted by Crippen LogP contribution is -2.26. The van der Waals surface area contributed by atoms with Crippen LogP contribution in [0.1, 0.15) is 19.4 Å². The molecule has 0 saturated carbocycles. The van der Waals surface area contributed by atoms with Crippen molar-refractivity contribution in [1.82, 2.24) is 15.0 Å². The van der Waals surface area contributed by atoms with Gasteiger partial charge < -0.3 is 10.2 Å². The van der Waals surface area contributed by atoms with Crippen molar-refractivity contribution in [2.45, 2.75) is 20.4 Å². The topological polar surface area (TPSA) is 92.0 Å². The first-order valence-corrected chi connectivity index (χ1v) is 7.02. The van der Waals surface area contributed by atoms with E-state index in [1.54, 1.807) is 0 Å². The predicted octanol–water partition coefficient (Wildman–Crippen LogP) is 1.62. The molecule has 0 saturated heterocycles. The Morgan fingerprint density at radius 1 is 1.00 bits per heavy atom. The smallest absolute Gasteiger partial charge is 0.243 e. The van der Waals surface area contributed by atoms with Gasteiger partial charge in [0, 0.05) is 19.6 Å². The summed E-state index contributed by atoms with van der Waals surface area (Å²) in [7, 11) is 0. The summed E-state index contributed by atoms with van der Waals surface area (Å²) in [5, 5.41) is 3.19. The lowest BCUT2D eigenvalue weighted by Gasteiger charge is -2.19. The van der Waals surface area contributed by atoms with Crippen molar-refractivity contribution in [3.05, 3.63) is 35.9 Å². The van der Waals surface area contributed by atoms with E-state index < -0.39 is 0 Å². The molecule has 21 heavy (non-hydrogen) atoms. The number of hydrazine groups is 1. The van der Waals surface area contributed by atoms with E-state index in [4.69, 9.17) is 5.84 Å². The van der Waals surface area contributed by atoms with E-state index in [-0.39, 0.29) is 0 Å². The summed E-state index contributed by atoms with van der Waals surface area (Å²) in [6.07, 6.45) is 0. The third kappa shape index (κ3) is 4.03. The van der Waals surface area contributed by atoms with Crippen LogP contribution in [0.25, 0.3) is 0 Å². The Kier molecular flexibility index (Phi) is 5.28. The molecule has 1 aromatic heterocycles. The van der Waals surface area contributed by atoms with Crippen molar-refractivity contribution in [2.24, 2.45) is 5.84 Å². The maximum Gasteiger partial charge on any atom is 0.243 e. The molecule has 0 atom stereocenters. The largest absolute Gasteiger partial charge is 0.350 e. The first-order valence-electron chi connectivity index (χ1n) is 7.02. The molecule has 1 aromatic carbocycles. The van der Waals surface area contributed by atoms with Crippen LogP contribution in [0, 0.1) is 0 Å². The van der Waals surface area contributed by atoms with Gasteiger partial charge in [0.25, 0.3) is 0 Å². The van der Waals surface area contributed by atoms with Gasteiger partial charge in [0.15, 0.2) is 0 Å². The predicted molar refractivity (Wildman–Crippen MR) is 85.0 cm³/mol. The van der Waals surface area contributed by atoms with Gasteiger partial charge in [0.05, 0.1) is 0 Å². The van der Waals surface area contributed by atoms with Gasteiger partial charge in [-0.1, -0.05) is 30.3 Å². The van der Waals surface area contributed by atoms with E-state index in [1.807, 2.05) is 35.2 Å². The molecule has 0 radical (unpaired) electrons. The Morgan fingerprint density at radius 2 is 1.67 bits per heavy atom. The second kappa shape index (κ2) is 7.39. The minimum atomic E-state index is 0.350. The molecule has 112 valence electrons. The highest BCUT2D eigenvalue weighted by molar-refractivity contribution is 5.43. The third-order valence-electron chi connectivity index (χ3n) is 3.09. The Labute approximate surface area is 124 Å². The maximum absolute atomic E-state index is 5.43. The highest BCUT2D eigenvalue weighted by Gasteiger charge is 2.10. The van der Waals surface area contributed by atoms with Gasteiger partial charge in [0.1, 0.15) is 0 Å². The van der Waals surface area contributed by atoms with E-state index >= 15 is 0 Å². The monoisotopic (exact) mass is 287 g/mol. The first-order chi connectivity index (χ1) is 10.3. The molecule has 0 unspecified atom stereocenters. The van der Waals surface area contributed by atoms with Crippen LogP contribution >= 0.6 is 0 Å². The van der Waals surface area contributed by atoms with Crippen molar-refractivity contribution in [1.29, 1.82) is 0 Å². The number of hydrogen-bond acceptors (Lipinski definition) is 7. The summed E-state index contributed by atoms with van der Waals surface area (Å²) in [5.41, 5.74) is 3.64. The average Bonchev–Trinajstić information content (AvgIpc) is 2.55. The van der Waals surface area contributed by atoms with Gasteiger partial charge >= 0.3 is 0 Å². The number of anilines is 3. The van der Waals surface area contributed by atoms with E-state index in [2.05, 4.69) is 39.5 Å². The fourth-order valence-corrected chi connectivity index (χ4v) is 1.93. The van der Waals surface area contributed by atoms with Crippen molar-refractivity contribution < 1.29 is 0 Å². The minimum absolute atomic E-state index is 0.350. The number of benzene rings is 1. The third-order valence-corrected chi connectivity index (χ3v) is 3.09. The SMILES string of the molecule is CCN(CC)c1nc(NN)nc(NCc2ccccc2)n1. The molecule has 0 spiro atoms. The fraction of sp³-hybridized carbons (Fsp3) is 0.357. The zero-order valence-corrected chi connectivity index (χ0v) is 12.4. The van der Waals surface area contributed by atoms with Gasteiger partial charge in [-0.2, -0.15) is 15.0 Å². The van der Waals surface area contributed by atoms with Gasteiger partial charge in [-0.05, 0) is 19.4 Å². The molecular formula is C14H21N7. The number of hydrogen-bond donors (Lipinski definition) is 3. The number of nitrogens with zero attached hydrogens (tertiary/aromatic N) is 4. The highest BCUT2D eigenvalue weighted by atomic mass is 15.4. The second-order valence-corrected chi connectivity index (χ2v) is 4.44. The summed E-state index contributed by atoms with van der Waals surface area (Å²) in [6.45, 7) is 6.40. The zero-order valence-electron chi connectivity index (χ0n) is 12.4. The normalized spacial score (nSPS) is 10.2. The molecule has 2 aromatic rings. The summed E-state index contributed by atoms with van der Waals surface area (Å²) in [4.78, 5) is 15.0. The van der Waals surface area contributed by atoms with Gasteiger partial charge in [-0.3, -0.25) is 5.43 Å². The maximum atomic E-state index is 5.43. The van der Waals surface area contributed by atoms with E-state index in [0.717, 1.165) is 18.7 Å². The van der Waals surface area contributed by atoms with E-state index in [1.165, 1.54) is 0 Å². The van der Waals surface area contributed by atoms with Gasteiger partial charge in [0.2, 0.25) is 17.8 Å². The van der Waals surface area contributed by atoms with E-state index in [0.29, 0.717) is 24.4 Å². The lowest BCUT2D eigenvalue weighted by atomic mass is 10.2. The average molecular weight is 287 g/mol. The molecule has 7 heteroatoms. The summed E-state index contributed by atoms with van der Waals surface area (Å²) < 4.78 is 0. The number of aromatic nitrogens is 3. The van der Waals surface area contributed by atoms with Crippen LogP contribution in [-0.2, 0) is 6.54 Å². The number of nitrogen functional groups attached to an aromatic ring is 1. The van der Waals surface area contributed by atoms with Crippen molar-refractivity contribution >= 4 is 17.8 Å². The molecular weight excluding hydrogens is 266 g/mol. The Bertz CT molecular complexity index is 555. The van der Waals surface area contributed by atoms with Crippen LogP contribution in [-0.4, -0.2) is 28.0 Å². The van der Waals surface area contributed by atoms with Crippen LogP contribution < -0.4 is 21.5 Å². The Hall–Kier alpha value is -2.41. The molecule has 0 bridgehead atoms. The zero-order chi connectivity index (χ0) is 15.1. The van der Waals surface area contributed by atoms with Gasteiger partial charge in [-0.25, -0.2) is 5.84 Å². The molecule has 0 aliphatic heterocycles. The molecule has 0 amide bonds. The molecule has 0 aliphatic carbocycles. The highest BCUT2D eigenvalue weighted by Crippen LogP contribution is 2.13. The van der Waals surface area contributed by atoms with Crippen LogP contribution in [0.3, 0.4) is 0 Å². The standard InChI is InChI=1S/C14H21N7/c1-3-21(4-2)14-18-12(17-13(19-14)20-15)16-10-11-8-6-5-7-9-11/h5-9H,3-4,10,15H2,1-2H3,(H2,16,17,18,19,20). The van der Waals surface area contributed by atoms with Crippen LogP contribution in [0.2, 0.25) is 0 Å². The quantitative estimate of drug-likeness (QED) is 0.526. The summed E-state index contributed by atoms with van der Waals surface area (Å²) >= 11 is 0. The van der Waals surface area contributed by atoms with Gasteiger partial charge in [-0.15, -0.1) is 0 Å². The van der Waals surface area contributed by atoms with Crippen molar-refractivity contribution in [3.63, 3.8) is 0 Å². The Balaban J connectivity index is 2.16. The van der Waals surface area contributed by atoms with Crippen LogP contribution in [0.5, 0.6) is 0 Å². The summed E-state index contributed by atoms with van der Waals surface area (Å²) in [5.74, 6) is 6.89. The molecule has 4 N–H and O–H groups in total. The second-order valence-electron chi connectivity index (χ2n) is 4.44. The lowest BCUT2D eigenvalue weighted by molar-refractivity contribution is 0.811. The minimum Gasteiger partial charge on any atom is -0.350 e. The number of nitrogens with one attached hydrogen (secondary N) is 2. The number of rotatable bonds is 7. The van der Waals surface area contributed by atoms with Crippen molar-refractivity contribution in [3.8, 4) is 0 Å². The molecule has 2 rings (SSSR count). The Morgan fingerprint density at radius 3 is 2.29 bits per heavy atom. The van der Waals surface area contributed by atoms with Crippen molar-refractivity contribution in [2.75, 3.05) is 28.7 Å². The molecule has 0 aliphatic rings. The first kappa shape index (κ1) is 15.0. The van der Waals surface area contributed by atoms with E-state index in [9.17, 15) is 0 Å². The molecule has 7 nitrogen and oxygen atoms in total. The molecule has 1 heterocycles. The summed E-state index contributed by atoms with van der Waals surface area (Å²) in [6, 6.07) is 10.1. The number of nitrogens with two attached hydrogens (primary N) is 1. The van der Waals surface area contributed by atoms with Crippen LogP contribution in [0.15, 0.2) is 30.3 Å². The fourth-order valence-electron chi connectivity index (χ4n) is 1.93.